The molecule has 0 aromatic rings. The minimum absolute atomic E-state index is 0.172. The fraction of sp³-hybridized carbons (Fsp3) is 0.375. The number of aliphatic hydroxyl groups is 1. The van der Waals surface area contributed by atoms with Gasteiger partial charge in [0.1, 0.15) is 0 Å². The molecule has 0 spiro atoms. The lowest BCUT2D eigenvalue weighted by atomic mass is 10.1. The maximum atomic E-state index is 8.47. The molecular weight excluding hydrogens is 112 g/mol. The minimum atomic E-state index is 0.172. The van der Waals surface area contributed by atoms with Gasteiger partial charge in [-0.25, -0.2) is 0 Å². The predicted molar refractivity (Wildman–Crippen MR) is 39.2 cm³/mol. The highest BCUT2D eigenvalue weighted by Crippen LogP contribution is 2.03. The topological polar surface area (TPSA) is 20.2 Å². The van der Waals surface area contributed by atoms with E-state index in [0.717, 1.165) is 12.0 Å². The molecule has 0 saturated carbocycles. The Hall–Kier alpha value is -0.780. The van der Waals surface area contributed by atoms with Gasteiger partial charge in [0.25, 0.3) is 0 Å². The molecule has 0 fully saturated rings. The summed E-state index contributed by atoms with van der Waals surface area (Å²) in [5.74, 6) is 0. The van der Waals surface area contributed by atoms with Gasteiger partial charge in [0, 0.05) is 6.61 Å². The van der Waals surface area contributed by atoms with Crippen LogP contribution in [0.3, 0.4) is 0 Å². The third-order valence-corrected chi connectivity index (χ3v) is 1.05. The number of rotatable bonds is 4. The maximum Gasteiger partial charge on any atom is 0.0474 e. The van der Waals surface area contributed by atoms with E-state index in [2.05, 4.69) is 18.9 Å². The summed E-state index contributed by atoms with van der Waals surface area (Å²) in [6.07, 6.45) is 3.22. The Morgan fingerprint density at radius 3 is 2.67 bits per heavy atom. The molecule has 0 aromatic carbocycles. The summed E-state index contributed by atoms with van der Waals surface area (Å²) in [5.41, 5.74) is 3.76. The molecule has 50 valence electrons. The van der Waals surface area contributed by atoms with E-state index in [0.29, 0.717) is 6.42 Å². The second kappa shape index (κ2) is 5.36. The van der Waals surface area contributed by atoms with E-state index in [1.165, 1.54) is 0 Å². The lowest BCUT2D eigenvalue weighted by Crippen LogP contribution is -1.84. The van der Waals surface area contributed by atoms with Crippen LogP contribution in [0.2, 0.25) is 0 Å². The Bertz CT molecular complexity index is 130. The van der Waals surface area contributed by atoms with Crippen molar-refractivity contribution in [3.8, 4) is 0 Å². The van der Waals surface area contributed by atoms with Crippen molar-refractivity contribution in [1.82, 2.24) is 0 Å². The molecule has 0 aliphatic heterocycles. The molecule has 1 N–H and O–H groups in total. The molecule has 9 heavy (non-hydrogen) atoms. The van der Waals surface area contributed by atoms with Crippen LogP contribution in [0.5, 0.6) is 0 Å². The monoisotopic (exact) mass is 124 g/mol. The molecule has 0 aromatic heterocycles. The largest absolute Gasteiger partial charge is 0.396 e. The molecule has 0 atom stereocenters. The van der Waals surface area contributed by atoms with E-state index in [-0.39, 0.29) is 6.61 Å². The van der Waals surface area contributed by atoms with E-state index in [4.69, 9.17) is 5.11 Å². The van der Waals surface area contributed by atoms with Crippen molar-refractivity contribution < 1.29 is 5.11 Å². The van der Waals surface area contributed by atoms with Crippen LogP contribution >= 0.6 is 0 Å². The van der Waals surface area contributed by atoms with Gasteiger partial charge in [-0.15, -0.1) is 12.3 Å². The number of hydrogen-bond acceptors (Lipinski definition) is 1. The van der Waals surface area contributed by atoms with Crippen molar-refractivity contribution in [2.45, 2.75) is 12.8 Å². The Morgan fingerprint density at radius 2 is 2.33 bits per heavy atom. The van der Waals surface area contributed by atoms with Crippen LogP contribution < -0.4 is 0 Å². The summed E-state index contributed by atoms with van der Waals surface area (Å²) in [4.78, 5) is 0. The molecule has 0 radical (unpaired) electrons. The lowest BCUT2D eigenvalue weighted by Gasteiger charge is -1.94. The van der Waals surface area contributed by atoms with Gasteiger partial charge in [-0.1, -0.05) is 12.7 Å². The molecule has 0 saturated heterocycles. The van der Waals surface area contributed by atoms with Crippen molar-refractivity contribution in [1.29, 1.82) is 0 Å². The number of hydrogen-bond donors (Lipinski definition) is 1. The van der Waals surface area contributed by atoms with Gasteiger partial charge in [-0.2, -0.15) is 0 Å². The molecule has 0 aliphatic rings. The quantitative estimate of drug-likeness (QED) is 0.446. The lowest BCUT2D eigenvalue weighted by molar-refractivity contribution is 0.298. The van der Waals surface area contributed by atoms with Gasteiger partial charge in [0.15, 0.2) is 0 Å². The Morgan fingerprint density at radius 1 is 1.67 bits per heavy atom. The Balaban J connectivity index is 3.69. The third-order valence-electron chi connectivity index (χ3n) is 1.05. The summed E-state index contributed by atoms with van der Waals surface area (Å²) in [7, 11) is 0. The second-order valence-corrected chi connectivity index (χ2v) is 1.75. The smallest absolute Gasteiger partial charge is 0.0474 e. The van der Waals surface area contributed by atoms with Crippen molar-refractivity contribution in [3.63, 3.8) is 0 Å². The van der Waals surface area contributed by atoms with Gasteiger partial charge < -0.3 is 5.11 Å². The van der Waals surface area contributed by atoms with Crippen LogP contribution in [0.4, 0.5) is 0 Å². The zero-order chi connectivity index (χ0) is 7.11. The summed E-state index contributed by atoms with van der Waals surface area (Å²) >= 11 is 0. The van der Waals surface area contributed by atoms with Crippen LogP contribution in [-0.4, -0.2) is 11.7 Å². The number of allylic oxidation sites excluding steroid dienone is 1. The fourth-order valence-corrected chi connectivity index (χ4v) is 0.572. The molecule has 0 amide bonds. The highest BCUT2D eigenvalue weighted by Gasteiger charge is 1.89. The van der Waals surface area contributed by atoms with Crippen LogP contribution in [0, 0.1) is 0 Å². The molecule has 0 unspecified atom stereocenters. The van der Waals surface area contributed by atoms with E-state index < -0.39 is 0 Å². The first-order valence-electron chi connectivity index (χ1n) is 2.94. The Labute approximate surface area is 56.0 Å². The first kappa shape index (κ1) is 8.22. The van der Waals surface area contributed by atoms with Gasteiger partial charge in [-0.3, -0.25) is 0 Å². The average molecular weight is 124 g/mol. The summed E-state index contributed by atoms with van der Waals surface area (Å²) in [6.45, 7) is 7.21. The van der Waals surface area contributed by atoms with E-state index in [1.54, 1.807) is 6.08 Å². The van der Waals surface area contributed by atoms with Crippen molar-refractivity contribution in [3.05, 3.63) is 30.5 Å². The van der Waals surface area contributed by atoms with Crippen molar-refractivity contribution in [2.24, 2.45) is 0 Å². The minimum Gasteiger partial charge on any atom is -0.396 e. The van der Waals surface area contributed by atoms with Crippen LogP contribution in [0.1, 0.15) is 12.8 Å². The SMILES string of the molecule is C=C=C(CC=C)CCO. The fourth-order valence-electron chi connectivity index (χ4n) is 0.572. The predicted octanol–water partition coefficient (Wildman–Crippen LogP) is 1.66. The maximum absolute atomic E-state index is 8.47. The van der Waals surface area contributed by atoms with Crippen LogP contribution in [-0.2, 0) is 0 Å². The highest BCUT2D eigenvalue weighted by atomic mass is 16.2. The van der Waals surface area contributed by atoms with Gasteiger partial charge in [-0.05, 0) is 18.4 Å². The number of aliphatic hydroxyl groups excluding tert-OH is 1. The average Bonchev–Trinajstić information content (AvgIpc) is 1.88. The second-order valence-electron chi connectivity index (χ2n) is 1.75. The summed E-state index contributed by atoms with van der Waals surface area (Å²) in [5, 5.41) is 8.47. The molecule has 0 bridgehead atoms. The molecule has 1 nitrogen and oxygen atoms in total. The van der Waals surface area contributed by atoms with E-state index in [9.17, 15) is 0 Å². The first-order valence-corrected chi connectivity index (χ1v) is 2.94. The van der Waals surface area contributed by atoms with Crippen molar-refractivity contribution >= 4 is 0 Å². The third kappa shape index (κ3) is 3.77. The van der Waals surface area contributed by atoms with Gasteiger partial charge in [0.05, 0.1) is 0 Å². The van der Waals surface area contributed by atoms with E-state index >= 15 is 0 Å². The molecule has 0 aliphatic carbocycles. The normalized spacial score (nSPS) is 8.11. The zero-order valence-electron chi connectivity index (χ0n) is 5.56. The van der Waals surface area contributed by atoms with Gasteiger partial charge >= 0.3 is 0 Å². The first-order chi connectivity index (χ1) is 4.35. The van der Waals surface area contributed by atoms with Crippen LogP contribution in [0.15, 0.2) is 30.5 Å². The zero-order valence-corrected chi connectivity index (χ0v) is 5.56. The molecule has 0 rings (SSSR count). The summed E-state index contributed by atoms with van der Waals surface area (Å²) < 4.78 is 0. The molecule has 0 heterocycles. The molecule has 1 heteroatoms. The highest BCUT2D eigenvalue weighted by molar-refractivity contribution is 5.03. The standard InChI is InChI=1S/C8H12O/c1-3-5-8(4-2)6-7-9/h3,9H,1-2,5-7H2. The van der Waals surface area contributed by atoms with E-state index in [1.807, 2.05) is 0 Å². The Kier molecular flexibility index (Phi) is 4.89. The summed E-state index contributed by atoms with van der Waals surface area (Å²) in [6, 6.07) is 0. The van der Waals surface area contributed by atoms with Crippen LogP contribution in [0.25, 0.3) is 0 Å². The van der Waals surface area contributed by atoms with Crippen molar-refractivity contribution in [2.75, 3.05) is 6.61 Å². The molecular formula is C8H12O. The van der Waals surface area contributed by atoms with Gasteiger partial charge in [0.2, 0.25) is 0 Å².